The Hall–Kier alpha value is -3.32. The molecule has 0 radical (unpaired) electrons. The normalized spacial score (nSPS) is 12.7. The van der Waals surface area contributed by atoms with Crippen LogP contribution in [0.3, 0.4) is 0 Å². The van der Waals surface area contributed by atoms with Gasteiger partial charge in [-0.15, -0.1) is 11.3 Å². The van der Waals surface area contributed by atoms with Crippen molar-refractivity contribution in [3.8, 4) is 5.69 Å². The molecule has 4 aromatic rings. The van der Waals surface area contributed by atoms with Gasteiger partial charge in [-0.3, -0.25) is 10.1 Å². The molecule has 0 saturated carbocycles. The maximum atomic E-state index is 13.3. The molecule has 0 bridgehead atoms. The topological polar surface area (TPSA) is 59.8 Å². The number of hydrogen-bond donors (Lipinski definition) is 1. The van der Waals surface area contributed by atoms with Crippen molar-refractivity contribution < 1.29 is 9.18 Å². The third-order valence-electron chi connectivity index (χ3n) is 5.21. The Balaban J connectivity index is 1.37. The summed E-state index contributed by atoms with van der Waals surface area (Å²) in [6.07, 6.45) is 5.23. The number of halogens is 1. The van der Waals surface area contributed by atoms with Crippen molar-refractivity contribution in [3.05, 3.63) is 94.0 Å². The molecular weight excluding hydrogens is 399 g/mol. The van der Waals surface area contributed by atoms with Crippen molar-refractivity contribution >= 4 is 22.4 Å². The van der Waals surface area contributed by atoms with Crippen molar-refractivity contribution in [2.45, 2.75) is 25.7 Å². The van der Waals surface area contributed by atoms with E-state index in [1.807, 2.05) is 18.2 Å². The van der Waals surface area contributed by atoms with E-state index >= 15 is 0 Å². The molecule has 0 aliphatic heterocycles. The first-order valence-corrected chi connectivity index (χ1v) is 10.7. The molecule has 0 fully saturated rings. The molecule has 7 heteroatoms. The number of nitrogens with one attached hydrogen (secondary N) is 1. The summed E-state index contributed by atoms with van der Waals surface area (Å²) in [6.45, 7) is 0. The summed E-state index contributed by atoms with van der Waals surface area (Å²) in [5, 5.41) is 8.03. The van der Waals surface area contributed by atoms with Gasteiger partial charge in [-0.1, -0.05) is 30.3 Å². The number of carbonyl (C=O) groups is 1. The molecule has 2 heterocycles. The van der Waals surface area contributed by atoms with Crippen LogP contribution in [0.1, 0.15) is 38.6 Å². The van der Waals surface area contributed by atoms with Crippen molar-refractivity contribution in [1.82, 2.24) is 14.8 Å². The van der Waals surface area contributed by atoms with Crippen LogP contribution < -0.4 is 5.32 Å². The van der Waals surface area contributed by atoms with Crippen LogP contribution in [-0.4, -0.2) is 20.7 Å². The largest absolute Gasteiger partial charge is 0.296 e. The van der Waals surface area contributed by atoms with Crippen LogP contribution in [0, 0.1) is 5.82 Å². The highest BCUT2D eigenvalue weighted by Gasteiger charge is 2.27. The number of carbonyl (C=O) groups excluding carboxylic acids is 1. The fourth-order valence-corrected chi connectivity index (χ4v) is 4.66. The van der Waals surface area contributed by atoms with Crippen LogP contribution in [0.5, 0.6) is 0 Å². The molecule has 5 rings (SSSR count). The molecule has 0 saturated heterocycles. The van der Waals surface area contributed by atoms with Gasteiger partial charge in [0.15, 0.2) is 10.8 Å². The second-order valence-corrected chi connectivity index (χ2v) is 8.38. The standard InChI is InChI=1S/C23H19FN4OS/c24-16-9-11-17(12-10-16)28-20-8-4-7-19(20)21(27-28)22(29)26-23-25-14-18(30-23)13-15-5-2-1-3-6-15/h1-3,5-6,9-12,14H,4,7-8,13H2,(H,25,26,29). The van der Waals surface area contributed by atoms with E-state index in [2.05, 4.69) is 27.5 Å². The lowest BCUT2D eigenvalue weighted by molar-refractivity contribution is 0.102. The van der Waals surface area contributed by atoms with Crippen molar-refractivity contribution in [2.75, 3.05) is 5.32 Å². The fourth-order valence-electron chi connectivity index (χ4n) is 3.82. The molecule has 150 valence electrons. The molecule has 0 atom stereocenters. The lowest BCUT2D eigenvalue weighted by atomic mass is 10.1. The van der Waals surface area contributed by atoms with Gasteiger partial charge in [-0.05, 0) is 49.1 Å². The molecule has 5 nitrogen and oxygen atoms in total. The van der Waals surface area contributed by atoms with Gasteiger partial charge in [-0.2, -0.15) is 5.10 Å². The maximum absolute atomic E-state index is 13.3. The Kier molecular flexibility index (Phi) is 4.88. The minimum atomic E-state index is -0.296. The Morgan fingerprint density at radius 3 is 2.70 bits per heavy atom. The summed E-state index contributed by atoms with van der Waals surface area (Å²) in [4.78, 5) is 18.4. The molecule has 0 spiro atoms. The van der Waals surface area contributed by atoms with Crippen LogP contribution in [-0.2, 0) is 19.3 Å². The number of hydrogen-bond acceptors (Lipinski definition) is 4. The Morgan fingerprint density at radius 2 is 1.90 bits per heavy atom. The lowest BCUT2D eigenvalue weighted by Crippen LogP contribution is -2.14. The van der Waals surface area contributed by atoms with Crippen molar-refractivity contribution in [3.63, 3.8) is 0 Å². The monoisotopic (exact) mass is 418 g/mol. The second kappa shape index (κ2) is 7.84. The van der Waals surface area contributed by atoms with E-state index in [1.165, 1.54) is 29.0 Å². The third kappa shape index (κ3) is 3.64. The number of nitrogens with zero attached hydrogens (tertiary/aromatic N) is 3. The van der Waals surface area contributed by atoms with Gasteiger partial charge in [0.1, 0.15) is 5.82 Å². The van der Waals surface area contributed by atoms with Crippen molar-refractivity contribution in [1.29, 1.82) is 0 Å². The van der Waals surface area contributed by atoms with Crippen molar-refractivity contribution in [2.24, 2.45) is 0 Å². The van der Waals surface area contributed by atoms with E-state index < -0.39 is 0 Å². The molecule has 0 unspecified atom stereocenters. The summed E-state index contributed by atoms with van der Waals surface area (Å²) in [6, 6.07) is 16.3. The van der Waals surface area contributed by atoms with E-state index in [4.69, 9.17) is 0 Å². The van der Waals surface area contributed by atoms with Crippen LogP contribution >= 0.6 is 11.3 Å². The number of rotatable bonds is 5. The van der Waals surface area contributed by atoms with Crippen LogP contribution in [0.25, 0.3) is 5.69 Å². The van der Waals surface area contributed by atoms with Gasteiger partial charge in [0.05, 0.1) is 5.69 Å². The molecule has 1 N–H and O–H groups in total. The third-order valence-corrected chi connectivity index (χ3v) is 6.12. The average Bonchev–Trinajstić information content (AvgIpc) is 3.47. The molecule has 2 aromatic heterocycles. The summed E-state index contributed by atoms with van der Waals surface area (Å²) < 4.78 is 15.1. The van der Waals surface area contributed by atoms with Gasteiger partial charge in [0.2, 0.25) is 0 Å². The highest BCUT2D eigenvalue weighted by atomic mass is 32.1. The zero-order valence-corrected chi connectivity index (χ0v) is 17.0. The SMILES string of the molecule is O=C(Nc1ncc(Cc2ccccc2)s1)c1nn(-c2ccc(F)cc2)c2c1CCC2. The van der Waals surface area contributed by atoms with E-state index in [1.54, 1.807) is 23.0 Å². The number of thiazole rings is 1. The number of fused-ring (bicyclic) bond motifs is 1. The molecule has 2 aromatic carbocycles. The summed E-state index contributed by atoms with van der Waals surface area (Å²) in [5.74, 6) is -0.551. The summed E-state index contributed by atoms with van der Waals surface area (Å²) in [5.41, 5.74) is 4.38. The highest BCUT2D eigenvalue weighted by molar-refractivity contribution is 7.15. The van der Waals surface area contributed by atoms with E-state index in [0.29, 0.717) is 10.8 Å². The van der Waals surface area contributed by atoms with Crippen LogP contribution in [0.15, 0.2) is 60.8 Å². The average molecular weight is 418 g/mol. The smallest absolute Gasteiger partial charge is 0.278 e. The van der Waals surface area contributed by atoms with Gasteiger partial charge >= 0.3 is 0 Å². The Labute approximate surface area is 177 Å². The van der Waals surface area contributed by atoms with Gasteiger partial charge in [0.25, 0.3) is 5.91 Å². The summed E-state index contributed by atoms with van der Waals surface area (Å²) in [7, 11) is 0. The van der Waals surface area contributed by atoms with Gasteiger partial charge in [0, 0.05) is 28.8 Å². The van der Waals surface area contributed by atoms with Gasteiger partial charge in [-0.25, -0.2) is 14.1 Å². The first-order valence-electron chi connectivity index (χ1n) is 9.84. The number of aromatic nitrogens is 3. The first kappa shape index (κ1) is 18.7. The number of amides is 1. The predicted octanol–water partition coefficient (Wildman–Crippen LogP) is 4.80. The van der Waals surface area contributed by atoms with Crippen LogP contribution in [0.2, 0.25) is 0 Å². The molecule has 1 aliphatic rings. The molecular formula is C23H19FN4OS. The highest BCUT2D eigenvalue weighted by Crippen LogP contribution is 2.29. The molecule has 1 aliphatic carbocycles. The van der Waals surface area contributed by atoms with E-state index in [0.717, 1.165) is 47.5 Å². The number of benzene rings is 2. The van der Waals surface area contributed by atoms with E-state index in [9.17, 15) is 9.18 Å². The zero-order chi connectivity index (χ0) is 20.5. The summed E-state index contributed by atoms with van der Waals surface area (Å²) >= 11 is 1.47. The fraction of sp³-hybridized carbons (Fsp3) is 0.174. The first-order chi connectivity index (χ1) is 14.7. The Bertz CT molecular complexity index is 1200. The maximum Gasteiger partial charge on any atom is 0.278 e. The van der Waals surface area contributed by atoms with Gasteiger partial charge < -0.3 is 0 Å². The van der Waals surface area contributed by atoms with E-state index in [-0.39, 0.29) is 11.7 Å². The predicted molar refractivity (Wildman–Crippen MR) is 115 cm³/mol. The second-order valence-electron chi connectivity index (χ2n) is 7.26. The lowest BCUT2D eigenvalue weighted by Gasteiger charge is -2.05. The Morgan fingerprint density at radius 1 is 1.10 bits per heavy atom. The molecule has 1 amide bonds. The van der Waals surface area contributed by atoms with Crippen LogP contribution in [0.4, 0.5) is 9.52 Å². The molecule has 30 heavy (non-hydrogen) atoms. The minimum absolute atomic E-state index is 0.255. The quantitative estimate of drug-likeness (QED) is 0.506. The zero-order valence-electron chi connectivity index (χ0n) is 16.1. The minimum Gasteiger partial charge on any atom is -0.296 e. The number of anilines is 1.